The van der Waals surface area contributed by atoms with Gasteiger partial charge < -0.3 is 9.64 Å². The number of rotatable bonds is 4. The summed E-state index contributed by atoms with van der Waals surface area (Å²) in [6, 6.07) is 4.29. The standard InChI is InChI=1S/C18H24N2O5/c1-12(16(21)19-9-5-6-10-19)25-17(22)13-7-8-14(18(2,3)4)15(11-13)20(23)24/h7-8,11-12H,5-6,9-10H2,1-4H3. The maximum absolute atomic E-state index is 12.3. The van der Waals surface area contributed by atoms with E-state index in [1.165, 1.54) is 19.1 Å². The molecule has 1 aromatic carbocycles. The summed E-state index contributed by atoms with van der Waals surface area (Å²) >= 11 is 0. The Balaban J connectivity index is 2.17. The highest BCUT2D eigenvalue weighted by Crippen LogP contribution is 2.32. The normalized spacial score (nSPS) is 15.8. The van der Waals surface area contributed by atoms with Gasteiger partial charge in [-0.15, -0.1) is 0 Å². The van der Waals surface area contributed by atoms with Crippen molar-refractivity contribution in [2.24, 2.45) is 0 Å². The summed E-state index contributed by atoms with van der Waals surface area (Å²) in [4.78, 5) is 37.0. The van der Waals surface area contributed by atoms with Gasteiger partial charge in [0.05, 0.1) is 10.5 Å². The van der Waals surface area contributed by atoms with E-state index < -0.39 is 22.4 Å². The number of carbonyl (C=O) groups excluding carboxylic acids is 2. The Hall–Kier alpha value is -2.44. The molecule has 1 saturated heterocycles. The fourth-order valence-electron chi connectivity index (χ4n) is 2.92. The smallest absolute Gasteiger partial charge is 0.339 e. The molecule has 1 atom stereocenters. The molecule has 136 valence electrons. The molecule has 1 aromatic rings. The predicted octanol–water partition coefficient (Wildman–Crippen LogP) is 3.06. The molecule has 1 aliphatic rings. The van der Waals surface area contributed by atoms with Crippen LogP contribution in [0.3, 0.4) is 0 Å². The molecule has 7 heteroatoms. The number of ether oxygens (including phenoxy) is 1. The van der Waals surface area contributed by atoms with E-state index >= 15 is 0 Å². The van der Waals surface area contributed by atoms with E-state index in [4.69, 9.17) is 4.74 Å². The van der Waals surface area contributed by atoms with Crippen molar-refractivity contribution in [2.75, 3.05) is 13.1 Å². The first-order chi connectivity index (χ1) is 11.6. The van der Waals surface area contributed by atoms with Crippen LogP contribution in [0.5, 0.6) is 0 Å². The zero-order chi connectivity index (χ0) is 18.8. The molecular weight excluding hydrogens is 324 g/mol. The van der Waals surface area contributed by atoms with E-state index in [0.29, 0.717) is 18.7 Å². The summed E-state index contributed by atoms with van der Waals surface area (Å²) in [5.41, 5.74) is 0.0561. The molecule has 0 aromatic heterocycles. The van der Waals surface area contributed by atoms with Crippen LogP contribution in [-0.4, -0.2) is 40.9 Å². The van der Waals surface area contributed by atoms with Crippen molar-refractivity contribution >= 4 is 17.6 Å². The molecule has 0 radical (unpaired) electrons. The minimum Gasteiger partial charge on any atom is -0.449 e. The molecule has 1 amide bonds. The van der Waals surface area contributed by atoms with E-state index in [-0.39, 0.29) is 17.2 Å². The third kappa shape index (κ3) is 4.35. The number of nitrogens with zero attached hydrogens (tertiary/aromatic N) is 2. The molecule has 0 aliphatic carbocycles. The van der Waals surface area contributed by atoms with E-state index in [2.05, 4.69) is 0 Å². The number of benzene rings is 1. The second-order valence-corrected chi connectivity index (χ2v) is 7.32. The zero-order valence-electron chi connectivity index (χ0n) is 15.1. The van der Waals surface area contributed by atoms with Gasteiger partial charge in [0, 0.05) is 24.7 Å². The highest BCUT2D eigenvalue weighted by Gasteiger charge is 2.29. The van der Waals surface area contributed by atoms with Gasteiger partial charge in [-0.2, -0.15) is 0 Å². The minimum absolute atomic E-state index is 0.0702. The highest BCUT2D eigenvalue weighted by atomic mass is 16.6. The largest absolute Gasteiger partial charge is 0.449 e. The van der Waals surface area contributed by atoms with Crippen molar-refractivity contribution in [3.8, 4) is 0 Å². The Labute approximate surface area is 147 Å². The molecule has 0 saturated carbocycles. The van der Waals surface area contributed by atoms with Gasteiger partial charge in [-0.25, -0.2) is 4.79 Å². The summed E-state index contributed by atoms with van der Waals surface area (Å²) in [5, 5.41) is 11.3. The van der Waals surface area contributed by atoms with Gasteiger partial charge >= 0.3 is 5.97 Å². The summed E-state index contributed by atoms with van der Waals surface area (Å²) < 4.78 is 5.22. The maximum atomic E-state index is 12.3. The van der Waals surface area contributed by atoms with Gasteiger partial charge in [0.25, 0.3) is 11.6 Å². The van der Waals surface area contributed by atoms with Crippen molar-refractivity contribution in [3.05, 3.63) is 39.4 Å². The Morgan fingerprint density at radius 3 is 2.36 bits per heavy atom. The lowest BCUT2D eigenvalue weighted by molar-refractivity contribution is -0.386. The van der Waals surface area contributed by atoms with E-state index in [1.807, 2.05) is 20.8 Å². The van der Waals surface area contributed by atoms with E-state index in [1.54, 1.807) is 11.0 Å². The van der Waals surface area contributed by atoms with Gasteiger partial charge in [-0.1, -0.05) is 26.8 Å². The van der Waals surface area contributed by atoms with Crippen molar-refractivity contribution in [3.63, 3.8) is 0 Å². The van der Waals surface area contributed by atoms with Crippen LogP contribution in [0.4, 0.5) is 5.69 Å². The van der Waals surface area contributed by atoms with Crippen LogP contribution in [-0.2, 0) is 14.9 Å². The second kappa shape index (κ2) is 7.21. The lowest BCUT2D eigenvalue weighted by Gasteiger charge is -2.21. The second-order valence-electron chi connectivity index (χ2n) is 7.32. The van der Waals surface area contributed by atoms with E-state index in [9.17, 15) is 19.7 Å². The summed E-state index contributed by atoms with van der Waals surface area (Å²) in [7, 11) is 0. The number of esters is 1. The lowest BCUT2D eigenvalue weighted by Crippen LogP contribution is -2.38. The molecule has 1 heterocycles. The summed E-state index contributed by atoms with van der Waals surface area (Å²) in [5.74, 6) is -0.963. The quantitative estimate of drug-likeness (QED) is 0.474. The maximum Gasteiger partial charge on any atom is 0.339 e. The number of amides is 1. The van der Waals surface area contributed by atoms with E-state index in [0.717, 1.165) is 12.8 Å². The number of carbonyl (C=O) groups is 2. The van der Waals surface area contributed by atoms with Gasteiger partial charge in [0.2, 0.25) is 0 Å². The molecule has 0 bridgehead atoms. The van der Waals surface area contributed by atoms with Crippen LogP contribution >= 0.6 is 0 Å². The first-order valence-electron chi connectivity index (χ1n) is 8.40. The third-order valence-corrected chi connectivity index (χ3v) is 4.29. The van der Waals surface area contributed by atoms with Crippen LogP contribution in [0, 0.1) is 10.1 Å². The molecule has 0 N–H and O–H groups in total. The van der Waals surface area contributed by atoms with Crippen molar-refractivity contribution in [1.29, 1.82) is 0 Å². The van der Waals surface area contributed by atoms with Crippen LogP contribution in [0.25, 0.3) is 0 Å². The predicted molar refractivity (Wildman–Crippen MR) is 92.5 cm³/mol. The lowest BCUT2D eigenvalue weighted by atomic mass is 9.85. The summed E-state index contributed by atoms with van der Waals surface area (Å²) in [6.07, 6.45) is 0.992. The number of nitro benzene ring substituents is 1. The third-order valence-electron chi connectivity index (χ3n) is 4.29. The molecule has 1 fully saturated rings. The monoisotopic (exact) mass is 348 g/mol. The van der Waals surface area contributed by atoms with Gasteiger partial charge in [-0.05, 0) is 31.2 Å². The topological polar surface area (TPSA) is 89.7 Å². The Morgan fingerprint density at radius 1 is 1.24 bits per heavy atom. The van der Waals surface area contributed by atoms with Gasteiger partial charge in [-0.3, -0.25) is 14.9 Å². The molecule has 25 heavy (non-hydrogen) atoms. The summed E-state index contributed by atoms with van der Waals surface area (Å²) in [6.45, 7) is 8.47. The molecule has 1 aliphatic heterocycles. The van der Waals surface area contributed by atoms with Crippen LogP contribution in [0.2, 0.25) is 0 Å². The molecule has 2 rings (SSSR count). The van der Waals surface area contributed by atoms with Gasteiger partial charge in [0.1, 0.15) is 0 Å². The fraction of sp³-hybridized carbons (Fsp3) is 0.556. The first kappa shape index (κ1) is 18.9. The number of hydrogen-bond acceptors (Lipinski definition) is 5. The Morgan fingerprint density at radius 2 is 1.84 bits per heavy atom. The van der Waals surface area contributed by atoms with Crippen molar-refractivity contribution in [2.45, 2.75) is 52.1 Å². The van der Waals surface area contributed by atoms with Crippen LogP contribution in [0.1, 0.15) is 56.5 Å². The molecule has 7 nitrogen and oxygen atoms in total. The minimum atomic E-state index is -0.910. The molecular formula is C18H24N2O5. The van der Waals surface area contributed by atoms with Gasteiger partial charge in [0.15, 0.2) is 6.10 Å². The first-order valence-corrected chi connectivity index (χ1v) is 8.40. The zero-order valence-corrected chi connectivity index (χ0v) is 15.1. The average Bonchev–Trinajstić information content (AvgIpc) is 3.06. The Bertz CT molecular complexity index is 687. The van der Waals surface area contributed by atoms with Crippen LogP contribution in [0.15, 0.2) is 18.2 Å². The fourth-order valence-corrected chi connectivity index (χ4v) is 2.92. The number of likely N-dealkylation sites (tertiary alicyclic amines) is 1. The molecule has 0 spiro atoms. The SMILES string of the molecule is CC(OC(=O)c1ccc(C(C)(C)C)c([N+](=O)[O-])c1)C(=O)N1CCCC1. The number of nitro groups is 1. The van der Waals surface area contributed by atoms with Crippen molar-refractivity contribution < 1.29 is 19.2 Å². The van der Waals surface area contributed by atoms with Crippen molar-refractivity contribution in [1.82, 2.24) is 4.90 Å². The Kier molecular flexibility index (Phi) is 5.45. The molecule has 1 unspecified atom stereocenters. The average molecular weight is 348 g/mol. The van der Waals surface area contributed by atoms with Crippen LogP contribution < -0.4 is 0 Å². The highest BCUT2D eigenvalue weighted by molar-refractivity contribution is 5.93. The number of hydrogen-bond donors (Lipinski definition) is 0.